The van der Waals surface area contributed by atoms with Crippen molar-refractivity contribution in [2.24, 2.45) is 17.6 Å². The van der Waals surface area contributed by atoms with Crippen molar-refractivity contribution in [2.45, 2.75) is 75.7 Å². The monoisotopic (exact) mass is 500 g/mol. The lowest BCUT2D eigenvalue weighted by molar-refractivity contribution is -0.137. The molecule has 0 bridgehead atoms. The van der Waals surface area contributed by atoms with Crippen molar-refractivity contribution in [1.29, 1.82) is 5.26 Å². The van der Waals surface area contributed by atoms with Crippen LogP contribution in [-0.4, -0.2) is 39.2 Å². The Morgan fingerprint density at radius 3 is 2.42 bits per heavy atom. The number of halogens is 3. The van der Waals surface area contributed by atoms with E-state index in [0.717, 1.165) is 43.9 Å². The molecule has 5 rings (SSSR count). The van der Waals surface area contributed by atoms with Crippen LogP contribution in [0.4, 0.5) is 24.7 Å². The number of amides is 1. The Labute approximate surface area is 208 Å². The number of nitrogens with zero attached hydrogens (tertiary/aromatic N) is 4. The number of benzene rings is 1. The molecular formula is C26H31F3N6O. The van der Waals surface area contributed by atoms with Crippen molar-refractivity contribution >= 4 is 17.4 Å². The summed E-state index contributed by atoms with van der Waals surface area (Å²) >= 11 is 0. The summed E-state index contributed by atoms with van der Waals surface area (Å²) < 4.78 is 40.3. The minimum Gasteiger partial charge on any atom is -0.365 e. The van der Waals surface area contributed by atoms with Gasteiger partial charge in [0.15, 0.2) is 5.82 Å². The fourth-order valence-corrected chi connectivity index (χ4v) is 5.52. The van der Waals surface area contributed by atoms with Gasteiger partial charge in [-0.05, 0) is 75.1 Å². The second-order valence-electron chi connectivity index (χ2n) is 10.4. The topological polar surface area (TPSA) is 100.0 Å². The van der Waals surface area contributed by atoms with Crippen LogP contribution in [0.25, 0.3) is 0 Å². The third-order valence-electron chi connectivity index (χ3n) is 7.94. The molecule has 3 aliphatic rings. The Balaban J connectivity index is 1.32. The molecular weight excluding hydrogens is 469 g/mol. The van der Waals surface area contributed by atoms with Crippen molar-refractivity contribution in [2.75, 3.05) is 11.9 Å². The minimum absolute atomic E-state index is 0.138. The lowest BCUT2D eigenvalue weighted by Crippen LogP contribution is -2.50. The number of nitrogens with one attached hydrogen (secondary N) is 1. The molecule has 3 N–H and O–H groups in total. The Hall–Kier alpha value is -3.06. The first-order valence-electron chi connectivity index (χ1n) is 12.7. The highest BCUT2D eigenvalue weighted by Crippen LogP contribution is 2.41. The quantitative estimate of drug-likeness (QED) is 0.516. The van der Waals surface area contributed by atoms with Gasteiger partial charge in [-0.3, -0.25) is 14.4 Å². The first-order chi connectivity index (χ1) is 17.2. The highest BCUT2D eigenvalue weighted by Gasteiger charge is 2.40. The summed E-state index contributed by atoms with van der Waals surface area (Å²) in [6.07, 6.45) is 5.97. The van der Waals surface area contributed by atoms with E-state index in [2.05, 4.69) is 21.4 Å². The van der Waals surface area contributed by atoms with E-state index in [0.29, 0.717) is 17.8 Å². The van der Waals surface area contributed by atoms with Crippen LogP contribution in [-0.2, 0) is 6.18 Å². The molecule has 36 heavy (non-hydrogen) atoms. The van der Waals surface area contributed by atoms with Gasteiger partial charge < -0.3 is 11.1 Å². The maximum absolute atomic E-state index is 12.9. The van der Waals surface area contributed by atoms with Gasteiger partial charge in [-0.1, -0.05) is 6.42 Å². The standard InChI is InChI=1S/C26H31F3N6O/c27-26(28,29)18-6-8-19(9-7-18)32-25-22(24(31)36)15-35(33-25)23-11-10-21(12-17(23)13-30)34(14-16-4-5-16)20-2-1-3-20/h6-9,15-17,20-21,23H,1-5,10-12,14H2,(H2,31,36)(H,32,33). The number of anilines is 2. The number of nitrogens with two attached hydrogens (primary N) is 1. The molecule has 10 heteroatoms. The van der Waals surface area contributed by atoms with E-state index in [9.17, 15) is 23.2 Å². The van der Waals surface area contributed by atoms with Crippen LogP contribution in [0.1, 0.15) is 73.3 Å². The third-order valence-corrected chi connectivity index (χ3v) is 7.94. The number of hydrogen-bond donors (Lipinski definition) is 2. The van der Waals surface area contributed by atoms with Crippen LogP contribution in [0.5, 0.6) is 0 Å². The van der Waals surface area contributed by atoms with Crippen molar-refractivity contribution in [3.8, 4) is 6.07 Å². The van der Waals surface area contributed by atoms with Gasteiger partial charge >= 0.3 is 6.18 Å². The number of carbonyl (C=O) groups is 1. The zero-order valence-electron chi connectivity index (χ0n) is 20.0. The van der Waals surface area contributed by atoms with Crippen LogP contribution < -0.4 is 11.1 Å². The molecule has 0 spiro atoms. The van der Waals surface area contributed by atoms with Crippen molar-refractivity contribution in [3.63, 3.8) is 0 Å². The average Bonchev–Trinajstić information content (AvgIpc) is 3.53. The highest BCUT2D eigenvalue weighted by atomic mass is 19.4. The minimum atomic E-state index is -4.43. The summed E-state index contributed by atoms with van der Waals surface area (Å²) in [5.74, 6) is 0.0151. The van der Waals surface area contributed by atoms with Crippen molar-refractivity contribution in [1.82, 2.24) is 14.7 Å². The number of hydrogen-bond acceptors (Lipinski definition) is 5. The van der Waals surface area contributed by atoms with Gasteiger partial charge in [-0.25, -0.2) is 0 Å². The predicted octanol–water partition coefficient (Wildman–Crippen LogP) is 5.24. The molecule has 3 atom stereocenters. The summed E-state index contributed by atoms with van der Waals surface area (Å²) in [7, 11) is 0. The van der Waals surface area contributed by atoms with E-state index >= 15 is 0 Å². The molecule has 1 aromatic heterocycles. The molecule has 0 saturated heterocycles. The summed E-state index contributed by atoms with van der Waals surface area (Å²) in [6.45, 7) is 1.13. The number of rotatable bonds is 8. The van der Waals surface area contributed by atoms with Gasteiger partial charge in [0.1, 0.15) is 5.56 Å². The second kappa shape index (κ2) is 9.77. The van der Waals surface area contributed by atoms with Crippen LogP contribution in [0.2, 0.25) is 0 Å². The Morgan fingerprint density at radius 2 is 1.86 bits per heavy atom. The van der Waals surface area contributed by atoms with Crippen molar-refractivity contribution in [3.05, 3.63) is 41.6 Å². The maximum atomic E-state index is 12.9. The summed E-state index contributed by atoms with van der Waals surface area (Å²) in [6, 6.07) is 7.79. The third kappa shape index (κ3) is 5.21. The smallest absolute Gasteiger partial charge is 0.365 e. The van der Waals surface area contributed by atoms with Gasteiger partial charge in [0, 0.05) is 30.5 Å². The Kier molecular flexibility index (Phi) is 6.68. The Bertz CT molecular complexity index is 1130. The van der Waals surface area contributed by atoms with Gasteiger partial charge in [0.05, 0.1) is 23.6 Å². The molecule has 3 saturated carbocycles. The van der Waals surface area contributed by atoms with Crippen LogP contribution in [0, 0.1) is 23.2 Å². The van der Waals surface area contributed by atoms with E-state index in [1.807, 2.05) is 0 Å². The lowest BCUT2D eigenvalue weighted by atomic mass is 9.79. The zero-order valence-corrected chi connectivity index (χ0v) is 20.0. The zero-order chi connectivity index (χ0) is 25.4. The first-order valence-corrected chi connectivity index (χ1v) is 12.7. The van der Waals surface area contributed by atoms with E-state index in [1.165, 1.54) is 44.2 Å². The lowest BCUT2D eigenvalue weighted by Gasteiger charge is -2.46. The number of carbonyl (C=O) groups excluding carboxylic acids is 1. The summed E-state index contributed by atoms with van der Waals surface area (Å²) in [4.78, 5) is 14.8. The molecule has 3 fully saturated rings. The first kappa shape index (κ1) is 24.6. The van der Waals surface area contributed by atoms with Gasteiger partial charge in [-0.2, -0.15) is 23.5 Å². The number of aromatic nitrogens is 2. The normalized spacial score (nSPS) is 24.8. The van der Waals surface area contributed by atoms with E-state index < -0.39 is 17.6 Å². The van der Waals surface area contributed by atoms with Crippen LogP contribution in [0.15, 0.2) is 30.5 Å². The van der Waals surface area contributed by atoms with E-state index in [4.69, 9.17) is 5.73 Å². The largest absolute Gasteiger partial charge is 0.416 e. The molecule has 3 unspecified atom stereocenters. The molecule has 1 amide bonds. The molecule has 0 aliphatic heterocycles. The van der Waals surface area contributed by atoms with Crippen molar-refractivity contribution < 1.29 is 18.0 Å². The van der Waals surface area contributed by atoms with E-state index in [-0.39, 0.29) is 23.3 Å². The van der Waals surface area contributed by atoms with Crippen LogP contribution in [0.3, 0.4) is 0 Å². The van der Waals surface area contributed by atoms with Gasteiger partial charge in [0.2, 0.25) is 0 Å². The maximum Gasteiger partial charge on any atom is 0.416 e. The highest BCUT2D eigenvalue weighted by molar-refractivity contribution is 5.98. The molecule has 7 nitrogen and oxygen atoms in total. The van der Waals surface area contributed by atoms with Gasteiger partial charge in [0.25, 0.3) is 5.91 Å². The van der Waals surface area contributed by atoms with Crippen LogP contribution >= 0.6 is 0 Å². The Morgan fingerprint density at radius 1 is 1.14 bits per heavy atom. The molecule has 0 radical (unpaired) electrons. The van der Waals surface area contributed by atoms with Gasteiger partial charge in [-0.15, -0.1) is 0 Å². The average molecular weight is 501 g/mol. The molecule has 1 heterocycles. The predicted molar refractivity (Wildman–Crippen MR) is 128 cm³/mol. The fraction of sp³-hybridized carbons (Fsp3) is 0.577. The second-order valence-corrected chi connectivity index (χ2v) is 10.4. The van der Waals surface area contributed by atoms with E-state index in [1.54, 1.807) is 10.9 Å². The summed E-state index contributed by atoms with van der Waals surface area (Å²) in [5, 5.41) is 17.5. The molecule has 1 aromatic carbocycles. The fourth-order valence-electron chi connectivity index (χ4n) is 5.52. The molecule has 2 aromatic rings. The molecule has 3 aliphatic carbocycles. The summed E-state index contributed by atoms with van der Waals surface area (Å²) in [5.41, 5.74) is 5.30. The molecule has 192 valence electrons. The number of nitriles is 1. The SMILES string of the molecule is N#CC1CC(N(CC2CC2)C2CCC2)CCC1n1cc(C(N)=O)c(Nc2ccc(C(F)(F)F)cc2)n1. The number of primary amides is 1. The number of alkyl halides is 3.